The van der Waals surface area contributed by atoms with Crippen molar-refractivity contribution in [2.45, 2.75) is 57.9 Å². The Hall–Kier alpha value is -0.290. The van der Waals surface area contributed by atoms with E-state index in [1.165, 1.54) is 0 Å². The molecule has 0 amide bonds. The van der Waals surface area contributed by atoms with Gasteiger partial charge in [-0.15, -0.1) is 0 Å². The van der Waals surface area contributed by atoms with Crippen LogP contribution in [0.1, 0.15) is 39.5 Å². The Bertz CT molecular complexity index is 161. The summed E-state index contributed by atoms with van der Waals surface area (Å²) in [6.45, 7) is 4.32. The van der Waals surface area contributed by atoms with E-state index in [9.17, 15) is 13.2 Å². The first kappa shape index (κ1) is 14.7. The quantitative estimate of drug-likeness (QED) is 0.725. The minimum atomic E-state index is -4.08. The molecule has 15 heavy (non-hydrogen) atoms. The van der Waals surface area contributed by atoms with Gasteiger partial charge in [0.15, 0.2) is 0 Å². The lowest BCUT2D eigenvalue weighted by atomic mass is 10.0. The molecule has 0 heterocycles. The molecule has 0 rings (SSSR count). The van der Waals surface area contributed by atoms with Gasteiger partial charge in [0.2, 0.25) is 0 Å². The molecule has 0 aliphatic carbocycles. The van der Waals surface area contributed by atoms with Crippen molar-refractivity contribution in [2.75, 3.05) is 6.61 Å². The fraction of sp³-hybridized carbons (Fsp3) is 1.00. The molecule has 92 valence electrons. The van der Waals surface area contributed by atoms with Crippen molar-refractivity contribution < 1.29 is 17.9 Å². The number of nitrogens with two attached hydrogens (primary N) is 1. The Balaban J connectivity index is 3.75. The first-order valence-electron chi connectivity index (χ1n) is 5.34. The lowest BCUT2D eigenvalue weighted by Gasteiger charge is -2.22. The molecule has 0 aromatic rings. The fourth-order valence-electron chi connectivity index (χ4n) is 1.48. The van der Waals surface area contributed by atoms with Crippen LogP contribution in [0.3, 0.4) is 0 Å². The van der Waals surface area contributed by atoms with Crippen LogP contribution in [0.5, 0.6) is 0 Å². The van der Waals surface area contributed by atoms with Crippen LogP contribution in [0, 0.1) is 0 Å². The van der Waals surface area contributed by atoms with Crippen LogP contribution in [-0.2, 0) is 4.74 Å². The lowest BCUT2D eigenvalue weighted by molar-refractivity contribution is -0.136. The van der Waals surface area contributed by atoms with Crippen LogP contribution in [-0.4, -0.2) is 24.9 Å². The van der Waals surface area contributed by atoms with E-state index >= 15 is 0 Å². The van der Waals surface area contributed by atoms with Crippen LogP contribution >= 0.6 is 0 Å². The van der Waals surface area contributed by atoms with Gasteiger partial charge in [-0.2, -0.15) is 13.2 Å². The number of hydrogen-bond acceptors (Lipinski definition) is 2. The summed E-state index contributed by atoms with van der Waals surface area (Å²) in [6, 6.07) is -0.294. The summed E-state index contributed by atoms with van der Waals surface area (Å²) in [4.78, 5) is 0. The van der Waals surface area contributed by atoms with E-state index in [4.69, 9.17) is 10.5 Å². The van der Waals surface area contributed by atoms with E-state index < -0.39 is 12.6 Å². The third kappa shape index (κ3) is 7.62. The molecule has 0 aromatic carbocycles. The highest BCUT2D eigenvalue weighted by Gasteiger charge is 2.27. The summed E-state index contributed by atoms with van der Waals surface area (Å²) in [5, 5.41) is 0. The molecule has 0 fully saturated rings. The van der Waals surface area contributed by atoms with Crippen molar-refractivity contribution in [3.05, 3.63) is 0 Å². The van der Waals surface area contributed by atoms with Crippen LogP contribution in [0.2, 0.25) is 0 Å². The Kier molecular flexibility index (Phi) is 6.92. The summed E-state index contributed by atoms with van der Waals surface area (Å²) in [5.41, 5.74) is 5.75. The second kappa shape index (κ2) is 7.06. The molecule has 5 heteroatoms. The summed E-state index contributed by atoms with van der Waals surface area (Å²) in [7, 11) is 0. The normalized spacial score (nSPS) is 16.4. The molecule has 2 atom stereocenters. The molecular formula is C10H20F3NO. The Morgan fingerprint density at radius 1 is 1.27 bits per heavy atom. The highest BCUT2D eigenvalue weighted by molar-refractivity contribution is 4.72. The number of alkyl halides is 3. The van der Waals surface area contributed by atoms with Crippen LogP contribution in [0.25, 0.3) is 0 Å². The van der Waals surface area contributed by atoms with Crippen molar-refractivity contribution in [3.8, 4) is 0 Å². The van der Waals surface area contributed by atoms with E-state index in [1.54, 1.807) is 0 Å². The highest BCUT2D eigenvalue weighted by atomic mass is 19.4. The summed E-state index contributed by atoms with van der Waals surface area (Å²) >= 11 is 0. The Morgan fingerprint density at radius 2 is 1.87 bits per heavy atom. The highest BCUT2D eigenvalue weighted by Crippen LogP contribution is 2.23. The predicted octanol–water partition coefficient (Wildman–Crippen LogP) is 2.86. The maximum absolute atomic E-state index is 11.9. The third-order valence-corrected chi connectivity index (χ3v) is 2.26. The van der Waals surface area contributed by atoms with Gasteiger partial charge in [-0.3, -0.25) is 0 Å². The average molecular weight is 227 g/mol. The third-order valence-electron chi connectivity index (χ3n) is 2.26. The molecule has 0 saturated carbocycles. The van der Waals surface area contributed by atoms with E-state index in [0.717, 1.165) is 6.42 Å². The largest absolute Gasteiger partial charge is 0.389 e. The average Bonchev–Trinajstić information content (AvgIpc) is 2.11. The van der Waals surface area contributed by atoms with E-state index in [-0.39, 0.29) is 18.6 Å². The minimum Gasteiger partial charge on any atom is -0.377 e. The zero-order valence-corrected chi connectivity index (χ0v) is 9.31. The molecule has 2 nitrogen and oxygen atoms in total. The molecule has 0 bridgehead atoms. The topological polar surface area (TPSA) is 35.2 Å². The summed E-state index contributed by atoms with van der Waals surface area (Å²) in [6.07, 6.45) is -3.79. The van der Waals surface area contributed by atoms with E-state index in [2.05, 4.69) is 0 Å². The molecule has 0 aliphatic heterocycles. The molecule has 2 N–H and O–H groups in total. The zero-order valence-electron chi connectivity index (χ0n) is 9.31. The van der Waals surface area contributed by atoms with Crippen molar-refractivity contribution in [1.82, 2.24) is 0 Å². The number of hydrogen-bond donors (Lipinski definition) is 1. The Morgan fingerprint density at radius 3 is 2.27 bits per heavy atom. The molecule has 0 saturated heterocycles. The van der Waals surface area contributed by atoms with E-state index in [0.29, 0.717) is 13.0 Å². The zero-order chi connectivity index (χ0) is 11.9. The van der Waals surface area contributed by atoms with Gasteiger partial charge in [0.25, 0.3) is 0 Å². The molecule has 0 aliphatic rings. The van der Waals surface area contributed by atoms with Gasteiger partial charge < -0.3 is 10.5 Å². The molecule has 2 unspecified atom stereocenters. The van der Waals surface area contributed by atoms with Gasteiger partial charge in [0.1, 0.15) is 0 Å². The first-order valence-corrected chi connectivity index (χ1v) is 5.34. The number of rotatable bonds is 7. The van der Waals surface area contributed by atoms with Gasteiger partial charge in [0.05, 0.1) is 6.10 Å². The lowest BCUT2D eigenvalue weighted by Crippen LogP contribution is -2.36. The van der Waals surface area contributed by atoms with Crippen molar-refractivity contribution in [1.29, 1.82) is 0 Å². The molecule has 0 radical (unpaired) electrons. The van der Waals surface area contributed by atoms with Gasteiger partial charge in [0, 0.05) is 19.1 Å². The minimum absolute atomic E-state index is 0.0776. The van der Waals surface area contributed by atoms with Crippen molar-refractivity contribution in [3.63, 3.8) is 0 Å². The van der Waals surface area contributed by atoms with Crippen LogP contribution in [0.15, 0.2) is 0 Å². The fourth-order valence-corrected chi connectivity index (χ4v) is 1.48. The molecular weight excluding hydrogens is 207 g/mol. The van der Waals surface area contributed by atoms with Gasteiger partial charge in [-0.1, -0.05) is 6.92 Å². The second-order valence-electron chi connectivity index (χ2n) is 3.57. The standard InChI is InChI=1S/C10H20F3NO/c1-3-9(15-4-2)8(14)6-5-7-10(11,12)13/h8-9H,3-7,14H2,1-2H3. The number of ether oxygens (including phenoxy) is 1. The Labute approximate surface area is 89.0 Å². The van der Waals surface area contributed by atoms with E-state index in [1.807, 2.05) is 13.8 Å². The second-order valence-corrected chi connectivity index (χ2v) is 3.57. The predicted molar refractivity (Wildman–Crippen MR) is 53.6 cm³/mol. The number of halogens is 3. The molecule has 0 aromatic heterocycles. The maximum Gasteiger partial charge on any atom is 0.389 e. The van der Waals surface area contributed by atoms with Crippen LogP contribution < -0.4 is 5.73 Å². The SMILES string of the molecule is CCOC(CC)C(N)CCCC(F)(F)F. The van der Waals surface area contributed by atoms with Gasteiger partial charge in [-0.25, -0.2) is 0 Å². The first-order chi connectivity index (χ1) is 6.90. The summed E-state index contributed by atoms with van der Waals surface area (Å²) in [5.74, 6) is 0. The van der Waals surface area contributed by atoms with Crippen molar-refractivity contribution in [2.24, 2.45) is 5.73 Å². The molecule has 0 spiro atoms. The maximum atomic E-state index is 11.9. The summed E-state index contributed by atoms with van der Waals surface area (Å²) < 4.78 is 40.9. The van der Waals surface area contributed by atoms with Gasteiger partial charge >= 0.3 is 6.18 Å². The van der Waals surface area contributed by atoms with Crippen molar-refractivity contribution >= 4 is 0 Å². The smallest absolute Gasteiger partial charge is 0.377 e. The van der Waals surface area contributed by atoms with Crippen LogP contribution in [0.4, 0.5) is 13.2 Å². The van der Waals surface area contributed by atoms with Gasteiger partial charge in [-0.05, 0) is 26.2 Å². The monoisotopic (exact) mass is 227 g/mol.